The van der Waals surface area contributed by atoms with Gasteiger partial charge in [0, 0.05) is 18.0 Å². The summed E-state index contributed by atoms with van der Waals surface area (Å²) in [5, 5.41) is 2.75. The van der Waals surface area contributed by atoms with Gasteiger partial charge in [-0.1, -0.05) is 0 Å². The van der Waals surface area contributed by atoms with E-state index in [1.54, 1.807) is 0 Å². The fraction of sp³-hybridized carbons (Fsp3) is 0.500. The lowest BCUT2D eigenvalue weighted by atomic mass is 10.0. The Labute approximate surface area is 103 Å². The largest absolute Gasteiger partial charge is 0.496 e. The molecule has 0 heterocycles. The molecule has 0 aromatic heterocycles. The molecular formula is C12H15F4NO. The van der Waals surface area contributed by atoms with Gasteiger partial charge in [-0.05, 0) is 31.7 Å². The van der Waals surface area contributed by atoms with Gasteiger partial charge in [0.25, 0.3) is 0 Å². The van der Waals surface area contributed by atoms with Crippen molar-refractivity contribution in [2.45, 2.75) is 25.1 Å². The second-order valence-corrected chi connectivity index (χ2v) is 3.88. The second kappa shape index (κ2) is 6.04. The van der Waals surface area contributed by atoms with Crippen LogP contribution in [0.3, 0.4) is 0 Å². The predicted octanol–water partition coefficient (Wildman–Crippen LogP) is 3.44. The van der Waals surface area contributed by atoms with Gasteiger partial charge in [0.15, 0.2) is 0 Å². The van der Waals surface area contributed by atoms with Crippen LogP contribution < -0.4 is 10.1 Å². The zero-order valence-corrected chi connectivity index (χ0v) is 10.1. The summed E-state index contributed by atoms with van der Waals surface area (Å²) in [5.74, 6) is -0.129. The van der Waals surface area contributed by atoms with Crippen LogP contribution in [0.5, 0.6) is 5.75 Å². The van der Waals surface area contributed by atoms with E-state index in [1.807, 2.05) is 0 Å². The van der Waals surface area contributed by atoms with Crippen LogP contribution in [-0.4, -0.2) is 20.3 Å². The van der Waals surface area contributed by atoms with E-state index >= 15 is 0 Å². The molecule has 0 radical (unpaired) electrons. The first-order valence-electron chi connectivity index (χ1n) is 5.45. The van der Waals surface area contributed by atoms with Crippen molar-refractivity contribution in [3.63, 3.8) is 0 Å². The van der Waals surface area contributed by atoms with Gasteiger partial charge < -0.3 is 10.1 Å². The quantitative estimate of drug-likeness (QED) is 0.823. The number of benzene rings is 1. The molecule has 0 saturated heterocycles. The fourth-order valence-corrected chi connectivity index (χ4v) is 1.74. The average molecular weight is 265 g/mol. The molecule has 2 nitrogen and oxygen atoms in total. The molecule has 0 amide bonds. The minimum atomic E-state index is -4.23. The molecule has 0 fully saturated rings. The molecule has 1 aromatic rings. The molecule has 0 aliphatic carbocycles. The maximum absolute atomic E-state index is 13.1. The number of methoxy groups -OCH3 is 1. The number of hydrogen-bond donors (Lipinski definition) is 1. The van der Waals surface area contributed by atoms with Crippen LogP contribution >= 0.6 is 0 Å². The minimum Gasteiger partial charge on any atom is -0.496 e. The Morgan fingerprint density at radius 2 is 2.00 bits per heavy atom. The Bertz CT molecular complexity index is 392. The number of halogens is 4. The van der Waals surface area contributed by atoms with Gasteiger partial charge in [0.2, 0.25) is 0 Å². The fourth-order valence-electron chi connectivity index (χ4n) is 1.74. The van der Waals surface area contributed by atoms with E-state index in [4.69, 9.17) is 4.74 Å². The molecule has 0 aliphatic heterocycles. The van der Waals surface area contributed by atoms with Gasteiger partial charge in [-0.3, -0.25) is 0 Å². The number of nitrogens with one attached hydrogen (secondary N) is 1. The van der Waals surface area contributed by atoms with Crippen molar-refractivity contribution in [1.29, 1.82) is 0 Å². The summed E-state index contributed by atoms with van der Waals surface area (Å²) in [4.78, 5) is 0. The van der Waals surface area contributed by atoms with Crippen LogP contribution in [0.2, 0.25) is 0 Å². The third-order valence-corrected chi connectivity index (χ3v) is 2.63. The second-order valence-electron chi connectivity index (χ2n) is 3.88. The van der Waals surface area contributed by atoms with Crippen molar-refractivity contribution < 1.29 is 22.3 Å². The van der Waals surface area contributed by atoms with E-state index in [9.17, 15) is 17.6 Å². The minimum absolute atomic E-state index is 0.167. The zero-order valence-electron chi connectivity index (χ0n) is 10.1. The molecule has 102 valence electrons. The molecule has 1 N–H and O–H groups in total. The van der Waals surface area contributed by atoms with Crippen molar-refractivity contribution in [1.82, 2.24) is 5.32 Å². The van der Waals surface area contributed by atoms with Crippen molar-refractivity contribution in [2.24, 2.45) is 0 Å². The van der Waals surface area contributed by atoms with Gasteiger partial charge in [0.1, 0.15) is 11.6 Å². The average Bonchev–Trinajstić information content (AvgIpc) is 2.28. The molecule has 1 rings (SSSR count). The monoisotopic (exact) mass is 265 g/mol. The molecule has 1 aromatic carbocycles. The lowest BCUT2D eigenvalue weighted by Crippen LogP contribution is -2.20. The molecule has 1 unspecified atom stereocenters. The summed E-state index contributed by atoms with van der Waals surface area (Å²) in [7, 11) is 2.93. The van der Waals surface area contributed by atoms with E-state index in [-0.39, 0.29) is 6.42 Å². The maximum Gasteiger partial charge on any atom is 0.389 e. The Kier molecular flexibility index (Phi) is 4.95. The van der Waals surface area contributed by atoms with Crippen LogP contribution in [0.25, 0.3) is 0 Å². The summed E-state index contributed by atoms with van der Waals surface area (Å²) in [6.45, 7) is 0. The van der Waals surface area contributed by atoms with Crippen LogP contribution in [0.15, 0.2) is 18.2 Å². The van der Waals surface area contributed by atoms with Gasteiger partial charge in [-0.25, -0.2) is 4.39 Å². The molecular weight excluding hydrogens is 250 g/mol. The van der Waals surface area contributed by atoms with Crippen LogP contribution in [0.1, 0.15) is 24.4 Å². The molecule has 1 atom stereocenters. The predicted molar refractivity (Wildman–Crippen MR) is 60.0 cm³/mol. The normalized spacial score (nSPS) is 13.4. The van der Waals surface area contributed by atoms with E-state index in [2.05, 4.69) is 5.32 Å². The van der Waals surface area contributed by atoms with Crippen LogP contribution in [0, 0.1) is 5.82 Å². The maximum atomic E-state index is 13.1. The van der Waals surface area contributed by atoms with E-state index in [1.165, 1.54) is 32.4 Å². The van der Waals surface area contributed by atoms with Crippen LogP contribution in [-0.2, 0) is 0 Å². The highest BCUT2D eigenvalue weighted by Crippen LogP contribution is 2.32. The number of hydrogen-bond acceptors (Lipinski definition) is 2. The van der Waals surface area contributed by atoms with Crippen molar-refractivity contribution in [3.05, 3.63) is 29.6 Å². The number of rotatable bonds is 5. The number of ether oxygens (including phenoxy) is 1. The standard InChI is InChI=1S/C12H15F4NO/c1-17-10(5-6-12(14,15)16)9-7-8(13)3-4-11(9)18-2/h3-4,7,10,17H,5-6H2,1-2H3. The third kappa shape index (κ3) is 4.18. The smallest absolute Gasteiger partial charge is 0.389 e. The first kappa shape index (κ1) is 14.8. The van der Waals surface area contributed by atoms with Gasteiger partial charge in [-0.15, -0.1) is 0 Å². The highest BCUT2D eigenvalue weighted by atomic mass is 19.4. The van der Waals surface area contributed by atoms with E-state index in [0.717, 1.165) is 0 Å². The first-order chi connectivity index (χ1) is 8.37. The third-order valence-electron chi connectivity index (χ3n) is 2.63. The molecule has 0 aliphatic rings. The van der Waals surface area contributed by atoms with Gasteiger partial charge in [0.05, 0.1) is 7.11 Å². The number of alkyl halides is 3. The van der Waals surface area contributed by atoms with Crippen molar-refractivity contribution in [3.8, 4) is 5.75 Å². The molecule has 6 heteroatoms. The van der Waals surface area contributed by atoms with E-state index in [0.29, 0.717) is 11.3 Å². The first-order valence-corrected chi connectivity index (χ1v) is 5.45. The highest BCUT2D eigenvalue weighted by Gasteiger charge is 2.29. The Hall–Kier alpha value is -1.30. The Balaban J connectivity index is 2.90. The van der Waals surface area contributed by atoms with Crippen LogP contribution in [0.4, 0.5) is 17.6 Å². The van der Waals surface area contributed by atoms with E-state index < -0.39 is 24.5 Å². The van der Waals surface area contributed by atoms with Gasteiger partial charge in [-0.2, -0.15) is 13.2 Å². The summed E-state index contributed by atoms with van der Waals surface area (Å²) >= 11 is 0. The summed E-state index contributed by atoms with van der Waals surface area (Å²) in [6.07, 6.45) is -5.33. The summed E-state index contributed by atoms with van der Waals surface area (Å²) in [6, 6.07) is 3.20. The van der Waals surface area contributed by atoms with Crippen molar-refractivity contribution >= 4 is 0 Å². The summed E-state index contributed by atoms with van der Waals surface area (Å²) in [5.41, 5.74) is 0.393. The molecule has 18 heavy (non-hydrogen) atoms. The lowest BCUT2D eigenvalue weighted by molar-refractivity contribution is -0.136. The topological polar surface area (TPSA) is 21.3 Å². The molecule has 0 saturated carbocycles. The van der Waals surface area contributed by atoms with Gasteiger partial charge >= 0.3 is 6.18 Å². The lowest BCUT2D eigenvalue weighted by Gasteiger charge is -2.20. The zero-order chi connectivity index (χ0) is 13.8. The van der Waals surface area contributed by atoms with Crippen molar-refractivity contribution in [2.75, 3.05) is 14.2 Å². The molecule has 0 spiro atoms. The SMILES string of the molecule is CNC(CCC(F)(F)F)c1cc(F)ccc1OC. The Morgan fingerprint density at radius 1 is 1.33 bits per heavy atom. The Morgan fingerprint density at radius 3 is 2.50 bits per heavy atom. The molecule has 0 bridgehead atoms. The highest BCUT2D eigenvalue weighted by molar-refractivity contribution is 5.36. The summed E-state index contributed by atoms with van der Waals surface area (Å²) < 4.78 is 54.8.